The summed E-state index contributed by atoms with van der Waals surface area (Å²) in [6.45, 7) is 1.86. The minimum Gasteiger partial charge on any atom is -0.467 e. The zero-order valence-electron chi connectivity index (χ0n) is 11.9. The van der Waals surface area contributed by atoms with Crippen molar-refractivity contribution >= 4 is 5.69 Å². The largest absolute Gasteiger partial charge is 0.467 e. The summed E-state index contributed by atoms with van der Waals surface area (Å²) in [6.07, 6.45) is 5.21. The van der Waals surface area contributed by atoms with Gasteiger partial charge in [-0.15, -0.1) is 0 Å². The lowest BCUT2D eigenvalue weighted by Crippen LogP contribution is -2.16. The van der Waals surface area contributed by atoms with Crippen LogP contribution in [0.5, 0.6) is 0 Å². The molecule has 0 saturated heterocycles. The zero-order chi connectivity index (χ0) is 14.8. The van der Waals surface area contributed by atoms with Gasteiger partial charge >= 0.3 is 0 Å². The van der Waals surface area contributed by atoms with E-state index in [4.69, 9.17) is 4.42 Å². The van der Waals surface area contributed by atoms with Crippen LogP contribution in [0.2, 0.25) is 0 Å². The molecule has 2 aromatic heterocycles. The van der Waals surface area contributed by atoms with Crippen LogP contribution in [-0.4, -0.2) is 9.55 Å². The molecule has 1 unspecified atom stereocenters. The van der Waals surface area contributed by atoms with E-state index in [9.17, 15) is 4.39 Å². The molecule has 3 aromatic rings. The van der Waals surface area contributed by atoms with Crippen molar-refractivity contribution in [1.29, 1.82) is 0 Å². The van der Waals surface area contributed by atoms with Crippen molar-refractivity contribution in [2.24, 2.45) is 7.05 Å². The Kier molecular flexibility index (Phi) is 3.48. The third-order valence-corrected chi connectivity index (χ3v) is 3.30. The van der Waals surface area contributed by atoms with Gasteiger partial charge < -0.3 is 14.3 Å². The smallest absolute Gasteiger partial charge is 0.143 e. The first-order chi connectivity index (χ1) is 10.1. The van der Waals surface area contributed by atoms with Crippen LogP contribution in [0.25, 0.3) is 0 Å². The average molecular weight is 285 g/mol. The Balaban J connectivity index is 1.99. The molecule has 0 aliphatic carbocycles. The molecule has 2 heterocycles. The Morgan fingerprint density at radius 2 is 2.19 bits per heavy atom. The van der Waals surface area contributed by atoms with Crippen LogP contribution in [0, 0.1) is 12.7 Å². The highest BCUT2D eigenvalue weighted by molar-refractivity contribution is 5.49. The average Bonchev–Trinajstić information content (AvgIpc) is 3.06. The zero-order valence-corrected chi connectivity index (χ0v) is 11.9. The molecule has 0 fully saturated rings. The molecule has 0 aliphatic heterocycles. The van der Waals surface area contributed by atoms with Gasteiger partial charge in [0.2, 0.25) is 0 Å². The lowest BCUT2D eigenvalue weighted by molar-refractivity contribution is 0.488. The number of imidazole rings is 1. The SMILES string of the molecule is Cc1cc(F)cc(NC(c2ccco2)c2nccn2C)c1. The van der Waals surface area contributed by atoms with Crippen LogP contribution >= 0.6 is 0 Å². The summed E-state index contributed by atoms with van der Waals surface area (Å²) in [4.78, 5) is 4.36. The molecule has 1 atom stereocenters. The summed E-state index contributed by atoms with van der Waals surface area (Å²) in [7, 11) is 1.91. The first kappa shape index (κ1) is 13.4. The standard InChI is InChI=1S/C16H16FN3O/c1-11-8-12(17)10-13(9-11)19-15(14-4-3-7-21-14)16-18-5-6-20(16)2/h3-10,15,19H,1-2H3. The minimum atomic E-state index is -0.277. The Morgan fingerprint density at radius 1 is 1.33 bits per heavy atom. The van der Waals surface area contributed by atoms with E-state index >= 15 is 0 Å². The third kappa shape index (κ3) is 2.81. The topological polar surface area (TPSA) is 43.0 Å². The molecular formula is C16H16FN3O. The number of furan rings is 1. The van der Waals surface area contributed by atoms with Crippen LogP contribution in [0.1, 0.15) is 23.2 Å². The van der Waals surface area contributed by atoms with Crippen molar-refractivity contribution < 1.29 is 8.81 Å². The molecule has 3 rings (SSSR count). The molecule has 0 spiro atoms. The fraction of sp³-hybridized carbons (Fsp3) is 0.188. The van der Waals surface area contributed by atoms with E-state index in [2.05, 4.69) is 10.3 Å². The number of aryl methyl sites for hydroxylation is 2. The summed E-state index contributed by atoms with van der Waals surface area (Å²) in [5.74, 6) is 1.26. The van der Waals surface area contributed by atoms with Crippen LogP contribution in [-0.2, 0) is 7.05 Å². The van der Waals surface area contributed by atoms with Gasteiger partial charge in [-0.25, -0.2) is 9.37 Å². The Morgan fingerprint density at radius 3 is 2.81 bits per heavy atom. The third-order valence-electron chi connectivity index (χ3n) is 3.30. The molecule has 1 aromatic carbocycles. The predicted molar refractivity (Wildman–Crippen MR) is 78.5 cm³/mol. The quantitative estimate of drug-likeness (QED) is 0.795. The van der Waals surface area contributed by atoms with Crippen LogP contribution in [0.4, 0.5) is 10.1 Å². The number of nitrogens with zero attached hydrogens (tertiary/aromatic N) is 2. The number of rotatable bonds is 4. The summed E-state index contributed by atoms with van der Waals surface area (Å²) in [5.41, 5.74) is 1.55. The molecule has 0 amide bonds. The lowest BCUT2D eigenvalue weighted by Gasteiger charge is -2.18. The van der Waals surface area contributed by atoms with E-state index in [0.717, 1.165) is 17.1 Å². The van der Waals surface area contributed by atoms with Gasteiger partial charge in [-0.1, -0.05) is 0 Å². The first-order valence-corrected chi connectivity index (χ1v) is 6.68. The molecular weight excluding hydrogens is 269 g/mol. The maximum atomic E-state index is 13.6. The Labute approximate surface area is 122 Å². The van der Waals surface area contributed by atoms with E-state index in [1.54, 1.807) is 12.5 Å². The number of hydrogen-bond acceptors (Lipinski definition) is 3. The van der Waals surface area contributed by atoms with Gasteiger partial charge in [-0.05, 0) is 42.8 Å². The van der Waals surface area contributed by atoms with Gasteiger partial charge in [0.1, 0.15) is 23.4 Å². The second-order valence-corrected chi connectivity index (χ2v) is 5.01. The number of nitrogens with one attached hydrogen (secondary N) is 1. The minimum absolute atomic E-state index is 0.268. The highest BCUT2D eigenvalue weighted by atomic mass is 19.1. The maximum absolute atomic E-state index is 13.6. The van der Waals surface area contributed by atoms with E-state index in [-0.39, 0.29) is 11.9 Å². The van der Waals surface area contributed by atoms with Crippen molar-refractivity contribution in [2.45, 2.75) is 13.0 Å². The van der Waals surface area contributed by atoms with E-state index in [1.807, 2.05) is 42.9 Å². The van der Waals surface area contributed by atoms with E-state index in [0.29, 0.717) is 5.69 Å². The van der Waals surface area contributed by atoms with Crippen LogP contribution < -0.4 is 5.32 Å². The number of aromatic nitrogens is 2. The molecule has 1 N–H and O–H groups in total. The van der Waals surface area contributed by atoms with Crippen molar-refractivity contribution in [3.8, 4) is 0 Å². The summed E-state index contributed by atoms with van der Waals surface area (Å²) in [5, 5.41) is 3.29. The van der Waals surface area contributed by atoms with Gasteiger partial charge in [0.15, 0.2) is 0 Å². The normalized spacial score (nSPS) is 12.3. The number of anilines is 1. The van der Waals surface area contributed by atoms with Crippen molar-refractivity contribution in [3.05, 3.63) is 72.0 Å². The van der Waals surface area contributed by atoms with Crippen molar-refractivity contribution in [2.75, 3.05) is 5.32 Å². The Bertz CT molecular complexity index is 714. The van der Waals surface area contributed by atoms with Crippen molar-refractivity contribution in [3.63, 3.8) is 0 Å². The molecule has 0 aliphatic rings. The number of benzene rings is 1. The summed E-state index contributed by atoms with van der Waals surface area (Å²) < 4.78 is 21.0. The maximum Gasteiger partial charge on any atom is 0.143 e. The molecule has 108 valence electrons. The summed E-state index contributed by atoms with van der Waals surface area (Å²) >= 11 is 0. The number of halogens is 1. The fourth-order valence-corrected chi connectivity index (χ4v) is 2.36. The molecule has 4 nitrogen and oxygen atoms in total. The molecule has 21 heavy (non-hydrogen) atoms. The van der Waals surface area contributed by atoms with Gasteiger partial charge in [0.05, 0.1) is 6.26 Å². The van der Waals surface area contributed by atoms with Crippen LogP contribution in [0.3, 0.4) is 0 Å². The van der Waals surface area contributed by atoms with Gasteiger partial charge in [0, 0.05) is 25.1 Å². The van der Waals surface area contributed by atoms with Gasteiger partial charge in [-0.3, -0.25) is 0 Å². The fourth-order valence-electron chi connectivity index (χ4n) is 2.36. The first-order valence-electron chi connectivity index (χ1n) is 6.68. The Hall–Kier alpha value is -2.56. The second-order valence-electron chi connectivity index (χ2n) is 5.01. The van der Waals surface area contributed by atoms with Gasteiger partial charge in [0.25, 0.3) is 0 Å². The number of hydrogen-bond donors (Lipinski definition) is 1. The van der Waals surface area contributed by atoms with Gasteiger partial charge in [-0.2, -0.15) is 0 Å². The highest BCUT2D eigenvalue weighted by Gasteiger charge is 2.21. The predicted octanol–water partition coefficient (Wildman–Crippen LogP) is 3.66. The lowest BCUT2D eigenvalue weighted by atomic mass is 10.1. The van der Waals surface area contributed by atoms with E-state index < -0.39 is 0 Å². The molecule has 0 bridgehead atoms. The molecule has 0 saturated carbocycles. The summed E-state index contributed by atoms with van der Waals surface area (Å²) in [6, 6.07) is 8.27. The van der Waals surface area contributed by atoms with Crippen molar-refractivity contribution in [1.82, 2.24) is 9.55 Å². The highest BCUT2D eigenvalue weighted by Crippen LogP contribution is 2.26. The molecule has 5 heteroatoms. The van der Waals surface area contributed by atoms with E-state index in [1.165, 1.54) is 12.1 Å². The van der Waals surface area contributed by atoms with Crippen LogP contribution in [0.15, 0.2) is 53.4 Å². The second kappa shape index (κ2) is 5.44. The monoisotopic (exact) mass is 285 g/mol. The molecule has 0 radical (unpaired) electrons.